The Kier molecular flexibility index (Phi) is 5.59. The lowest BCUT2D eigenvalue weighted by Gasteiger charge is -2.17. The van der Waals surface area contributed by atoms with E-state index >= 15 is 0 Å². The SMILES string of the molecule is CCCCN(C)c1cnnc(Nc2c(Cl)cccc2Cl)n1. The number of anilines is 3. The van der Waals surface area contributed by atoms with E-state index < -0.39 is 0 Å². The van der Waals surface area contributed by atoms with Gasteiger partial charge in [0.15, 0.2) is 5.82 Å². The molecule has 1 aromatic carbocycles. The molecule has 21 heavy (non-hydrogen) atoms. The summed E-state index contributed by atoms with van der Waals surface area (Å²) in [6.45, 7) is 3.07. The van der Waals surface area contributed by atoms with Crippen LogP contribution in [0.1, 0.15) is 19.8 Å². The normalized spacial score (nSPS) is 10.5. The quantitative estimate of drug-likeness (QED) is 0.864. The molecule has 1 aromatic heterocycles. The summed E-state index contributed by atoms with van der Waals surface area (Å²) in [6, 6.07) is 5.28. The van der Waals surface area contributed by atoms with Crippen molar-refractivity contribution in [2.75, 3.05) is 23.8 Å². The molecule has 0 saturated heterocycles. The number of benzene rings is 1. The van der Waals surface area contributed by atoms with E-state index in [1.165, 1.54) is 0 Å². The second-order valence-corrected chi connectivity index (χ2v) is 5.45. The Morgan fingerprint density at radius 1 is 1.24 bits per heavy atom. The molecule has 0 amide bonds. The van der Waals surface area contributed by atoms with E-state index in [1.807, 2.05) is 11.9 Å². The second kappa shape index (κ2) is 7.43. The molecule has 7 heteroatoms. The predicted octanol–water partition coefficient (Wildman–Crippen LogP) is 4.16. The van der Waals surface area contributed by atoms with Gasteiger partial charge in [0.1, 0.15) is 0 Å². The molecule has 0 aliphatic rings. The fraction of sp³-hybridized carbons (Fsp3) is 0.357. The zero-order chi connectivity index (χ0) is 15.2. The number of aromatic nitrogens is 3. The van der Waals surface area contributed by atoms with Gasteiger partial charge in [-0.2, -0.15) is 10.1 Å². The van der Waals surface area contributed by atoms with Crippen LogP contribution in [0.3, 0.4) is 0 Å². The van der Waals surface area contributed by atoms with Crippen LogP contribution in [0, 0.1) is 0 Å². The summed E-state index contributed by atoms with van der Waals surface area (Å²) in [7, 11) is 1.98. The van der Waals surface area contributed by atoms with Gasteiger partial charge in [-0.15, -0.1) is 5.10 Å². The number of hydrogen-bond donors (Lipinski definition) is 1. The van der Waals surface area contributed by atoms with Gasteiger partial charge in [0.25, 0.3) is 0 Å². The van der Waals surface area contributed by atoms with E-state index in [-0.39, 0.29) is 0 Å². The van der Waals surface area contributed by atoms with Gasteiger partial charge in [0.2, 0.25) is 5.95 Å². The first kappa shape index (κ1) is 15.8. The van der Waals surface area contributed by atoms with Crippen molar-refractivity contribution in [3.8, 4) is 0 Å². The molecular formula is C14H17Cl2N5. The largest absolute Gasteiger partial charge is 0.358 e. The van der Waals surface area contributed by atoms with Crippen LogP contribution in [0.5, 0.6) is 0 Å². The molecule has 0 saturated carbocycles. The molecule has 0 bridgehead atoms. The van der Waals surface area contributed by atoms with Crippen molar-refractivity contribution in [2.24, 2.45) is 0 Å². The summed E-state index contributed by atoms with van der Waals surface area (Å²) < 4.78 is 0. The Labute approximate surface area is 134 Å². The Morgan fingerprint density at radius 3 is 2.62 bits per heavy atom. The highest BCUT2D eigenvalue weighted by molar-refractivity contribution is 6.39. The van der Waals surface area contributed by atoms with Crippen LogP contribution in [0.2, 0.25) is 10.0 Å². The third-order valence-corrected chi connectivity index (χ3v) is 3.61. The molecular weight excluding hydrogens is 309 g/mol. The fourth-order valence-corrected chi connectivity index (χ4v) is 2.26. The first-order chi connectivity index (χ1) is 10.1. The van der Waals surface area contributed by atoms with Crippen LogP contribution >= 0.6 is 23.2 Å². The Balaban J connectivity index is 2.18. The van der Waals surface area contributed by atoms with E-state index in [9.17, 15) is 0 Å². The summed E-state index contributed by atoms with van der Waals surface area (Å²) in [4.78, 5) is 6.47. The van der Waals surface area contributed by atoms with Crippen LogP contribution in [0.15, 0.2) is 24.4 Å². The summed E-state index contributed by atoms with van der Waals surface area (Å²) in [5, 5.41) is 12.0. The molecule has 112 valence electrons. The Hall–Kier alpha value is -1.59. The Bertz CT molecular complexity index is 585. The lowest BCUT2D eigenvalue weighted by Crippen LogP contribution is -2.20. The van der Waals surface area contributed by atoms with Crippen molar-refractivity contribution in [1.29, 1.82) is 0 Å². The van der Waals surface area contributed by atoms with Crippen LogP contribution in [-0.4, -0.2) is 28.8 Å². The summed E-state index contributed by atoms with van der Waals surface area (Å²) in [5.41, 5.74) is 0.580. The van der Waals surface area contributed by atoms with Gasteiger partial charge in [0.05, 0.1) is 21.9 Å². The minimum Gasteiger partial charge on any atom is -0.358 e. The first-order valence-corrected chi connectivity index (χ1v) is 7.49. The zero-order valence-corrected chi connectivity index (χ0v) is 13.5. The van der Waals surface area contributed by atoms with Crippen molar-refractivity contribution >= 4 is 40.7 Å². The molecule has 2 aromatic rings. The smallest absolute Gasteiger partial charge is 0.249 e. The maximum Gasteiger partial charge on any atom is 0.249 e. The third kappa shape index (κ3) is 4.19. The highest BCUT2D eigenvalue weighted by Gasteiger charge is 2.09. The molecule has 0 fully saturated rings. The molecule has 1 heterocycles. The van der Waals surface area contributed by atoms with E-state index in [4.69, 9.17) is 23.2 Å². The summed E-state index contributed by atoms with van der Waals surface area (Å²) in [5.74, 6) is 1.12. The van der Waals surface area contributed by atoms with E-state index in [2.05, 4.69) is 27.4 Å². The van der Waals surface area contributed by atoms with Crippen LogP contribution in [0.25, 0.3) is 0 Å². The Morgan fingerprint density at radius 2 is 1.95 bits per heavy atom. The predicted molar refractivity (Wildman–Crippen MR) is 87.7 cm³/mol. The number of halogens is 2. The molecule has 0 aliphatic carbocycles. The van der Waals surface area contributed by atoms with E-state index in [0.717, 1.165) is 25.2 Å². The average molecular weight is 326 g/mol. The van der Waals surface area contributed by atoms with Crippen molar-refractivity contribution < 1.29 is 0 Å². The standard InChI is InChI=1S/C14H17Cl2N5/c1-3-4-8-21(2)12-9-17-20-14(18-12)19-13-10(15)6-5-7-11(13)16/h5-7,9H,3-4,8H2,1-2H3,(H,18,19,20). The van der Waals surface area contributed by atoms with Gasteiger partial charge in [-0.1, -0.05) is 42.6 Å². The van der Waals surface area contributed by atoms with Gasteiger partial charge in [-0.05, 0) is 18.6 Å². The minimum absolute atomic E-state index is 0.367. The van der Waals surface area contributed by atoms with Gasteiger partial charge in [0, 0.05) is 13.6 Å². The molecule has 0 radical (unpaired) electrons. The number of unbranched alkanes of at least 4 members (excludes halogenated alkanes) is 1. The topological polar surface area (TPSA) is 53.9 Å². The monoisotopic (exact) mass is 325 g/mol. The van der Waals surface area contributed by atoms with E-state index in [0.29, 0.717) is 21.7 Å². The molecule has 5 nitrogen and oxygen atoms in total. The van der Waals surface area contributed by atoms with Crippen LogP contribution in [0.4, 0.5) is 17.5 Å². The van der Waals surface area contributed by atoms with Gasteiger partial charge in [-0.25, -0.2) is 0 Å². The van der Waals surface area contributed by atoms with Crippen molar-refractivity contribution in [3.05, 3.63) is 34.4 Å². The summed E-state index contributed by atoms with van der Waals surface area (Å²) >= 11 is 12.2. The number of hydrogen-bond acceptors (Lipinski definition) is 5. The number of nitrogens with zero attached hydrogens (tertiary/aromatic N) is 4. The van der Waals surface area contributed by atoms with Crippen molar-refractivity contribution in [1.82, 2.24) is 15.2 Å². The van der Waals surface area contributed by atoms with Gasteiger partial charge >= 0.3 is 0 Å². The van der Waals surface area contributed by atoms with Crippen LogP contribution in [-0.2, 0) is 0 Å². The van der Waals surface area contributed by atoms with Crippen molar-refractivity contribution in [2.45, 2.75) is 19.8 Å². The fourth-order valence-electron chi connectivity index (χ4n) is 1.77. The minimum atomic E-state index is 0.367. The van der Waals surface area contributed by atoms with E-state index in [1.54, 1.807) is 24.4 Å². The summed E-state index contributed by atoms with van der Waals surface area (Å²) in [6.07, 6.45) is 3.86. The number of nitrogens with one attached hydrogen (secondary N) is 1. The van der Waals surface area contributed by atoms with Crippen molar-refractivity contribution in [3.63, 3.8) is 0 Å². The lowest BCUT2D eigenvalue weighted by atomic mass is 10.3. The average Bonchev–Trinajstić information content (AvgIpc) is 2.49. The first-order valence-electron chi connectivity index (χ1n) is 6.73. The van der Waals surface area contributed by atoms with Gasteiger partial charge in [-0.3, -0.25) is 0 Å². The second-order valence-electron chi connectivity index (χ2n) is 4.63. The maximum absolute atomic E-state index is 6.12. The number of rotatable bonds is 6. The molecule has 0 aliphatic heterocycles. The van der Waals surface area contributed by atoms with Gasteiger partial charge < -0.3 is 10.2 Å². The molecule has 0 atom stereocenters. The molecule has 2 rings (SSSR count). The zero-order valence-electron chi connectivity index (χ0n) is 12.0. The highest BCUT2D eigenvalue weighted by atomic mass is 35.5. The molecule has 1 N–H and O–H groups in total. The molecule has 0 unspecified atom stereocenters. The van der Waals surface area contributed by atoms with Crippen LogP contribution < -0.4 is 10.2 Å². The lowest BCUT2D eigenvalue weighted by molar-refractivity contribution is 0.754. The highest BCUT2D eigenvalue weighted by Crippen LogP contribution is 2.31. The number of para-hydroxylation sites is 1. The third-order valence-electron chi connectivity index (χ3n) is 2.98. The molecule has 0 spiro atoms. The maximum atomic E-state index is 6.12.